The number of amides is 1. The number of thioether (sulfide) groups is 1. The van der Waals surface area contributed by atoms with Gasteiger partial charge in [0.15, 0.2) is 11.0 Å². The van der Waals surface area contributed by atoms with Crippen LogP contribution in [0.2, 0.25) is 0 Å². The van der Waals surface area contributed by atoms with Crippen LogP contribution in [0.15, 0.2) is 72.4 Å². The molecule has 0 unspecified atom stereocenters. The van der Waals surface area contributed by atoms with Crippen molar-refractivity contribution in [1.29, 1.82) is 0 Å². The van der Waals surface area contributed by atoms with Crippen molar-refractivity contribution in [2.45, 2.75) is 39.1 Å². The number of benzene rings is 3. The molecule has 0 aliphatic heterocycles. The summed E-state index contributed by atoms with van der Waals surface area (Å²) >= 11 is 1.35. The first-order chi connectivity index (χ1) is 16.5. The number of ether oxygens (including phenoxy) is 1. The van der Waals surface area contributed by atoms with E-state index < -0.39 is 0 Å². The van der Waals surface area contributed by atoms with Crippen molar-refractivity contribution in [3.05, 3.63) is 89.8 Å². The van der Waals surface area contributed by atoms with Crippen molar-refractivity contribution in [2.75, 3.05) is 11.1 Å². The highest BCUT2D eigenvalue weighted by Crippen LogP contribution is 2.28. The summed E-state index contributed by atoms with van der Waals surface area (Å²) in [5, 5.41) is 14.6. The van der Waals surface area contributed by atoms with E-state index in [0.717, 1.165) is 28.1 Å². The zero-order valence-electron chi connectivity index (χ0n) is 19.7. The molecule has 1 N–H and O–H groups in total. The maximum atomic E-state index is 12.6. The number of aryl methyl sites for hydroxylation is 3. The minimum absolute atomic E-state index is 0.0832. The van der Waals surface area contributed by atoms with Gasteiger partial charge in [0.1, 0.15) is 12.4 Å². The van der Waals surface area contributed by atoms with Gasteiger partial charge in [0.2, 0.25) is 5.91 Å². The number of hydrogen-bond donors (Lipinski definition) is 1. The van der Waals surface area contributed by atoms with Gasteiger partial charge in [-0.1, -0.05) is 66.4 Å². The Labute approximate surface area is 204 Å². The molecule has 1 amide bonds. The summed E-state index contributed by atoms with van der Waals surface area (Å²) in [5.74, 6) is 1.65. The standard InChI is InChI=1S/C27H28N4O2S/c1-5-15-31-24(16-33-23-14-13-21-11-6-7-12-22(21)20(23)4)29-30-27(31)34-17-25(32)28-26-18(2)9-8-10-19(26)3/h5-14H,1,15-17H2,2-4H3,(H,28,32). The highest BCUT2D eigenvalue weighted by molar-refractivity contribution is 7.99. The third kappa shape index (κ3) is 5.15. The molecule has 4 rings (SSSR count). The quantitative estimate of drug-likeness (QED) is 0.244. The number of rotatable bonds is 9. The van der Waals surface area contributed by atoms with Gasteiger partial charge < -0.3 is 10.1 Å². The largest absolute Gasteiger partial charge is 0.485 e. The van der Waals surface area contributed by atoms with Crippen LogP contribution in [0.4, 0.5) is 5.69 Å². The number of nitrogens with one attached hydrogen (secondary N) is 1. The molecule has 1 heterocycles. The lowest BCUT2D eigenvalue weighted by atomic mass is 10.0. The molecular weight excluding hydrogens is 444 g/mol. The average molecular weight is 473 g/mol. The predicted molar refractivity (Wildman–Crippen MR) is 139 cm³/mol. The molecule has 0 aliphatic rings. The van der Waals surface area contributed by atoms with Crippen molar-refractivity contribution in [1.82, 2.24) is 14.8 Å². The fourth-order valence-electron chi connectivity index (χ4n) is 3.87. The van der Waals surface area contributed by atoms with E-state index in [4.69, 9.17) is 4.74 Å². The lowest BCUT2D eigenvalue weighted by Crippen LogP contribution is -2.16. The van der Waals surface area contributed by atoms with Gasteiger partial charge in [0.25, 0.3) is 0 Å². The van der Waals surface area contributed by atoms with Crippen molar-refractivity contribution < 1.29 is 9.53 Å². The van der Waals surface area contributed by atoms with Gasteiger partial charge in [-0.25, -0.2) is 0 Å². The normalized spacial score (nSPS) is 10.9. The van der Waals surface area contributed by atoms with Crippen molar-refractivity contribution in [3.8, 4) is 5.75 Å². The third-order valence-corrected chi connectivity index (χ3v) is 6.66. The van der Waals surface area contributed by atoms with Crippen LogP contribution in [0.5, 0.6) is 5.75 Å². The van der Waals surface area contributed by atoms with Gasteiger partial charge in [0.05, 0.1) is 5.75 Å². The summed E-state index contributed by atoms with van der Waals surface area (Å²) in [5.41, 5.74) is 4.03. The zero-order valence-corrected chi connectivity index (χ0v) is 20.5. The Morgan fingerprint density at radius 3 is 2.59 bits per heavy atom. The van der Waals surface area contributed by atoms with Crippen molar-refractivity contribution in [2.24, 2.45) is 0 Å². The Morgan fingerprint density at radius 2 is 1.82 bits per heavy atom. The molecule has 0 atom stereocenters. The van der Waals surface area contributed by atoms with Gasteiger partial charge in [0, 0.05) is 12.2 Å². The van der Waals surface area contributed by atoms with E-state index >= 15 is 0 Å². The second-order valence-corrected chi connectivity index (χ2v) is 9.04. The first kappa shape index (κ1) is 23.6. The van der Waals surface area contributed by atoms with Crippen LogP contribution in [0.25, 0.3) is 10.8 Å². The van der Waals surface area contributed by atoms with E-state index in [1.807, 2.05) is 54.8 Å². The lowest BCUT2D eigenvalue weighted by Gasteiger charge is -2.13. The van der Waals surface area contributed by atoms with Crippen LogP contribution in [-0.4, -0.2) is 26.4 Å². The van der Waals surface area contributed by atoms with E-state index in [9.17, 15) is 4.79 Å². The number of allylic oxidation sites excluding steroid dienone is 1. The molecule has 0 spiro atoms. The maximum Gasteiger partial charge on any atom is 0.234 e. The number of nitrogens with zero attached hydrogens (tertiary/aromatic N) is 3. The van der Waals surface area contributed by atoms with Crippen LogP contribution >= 0.6 is 11.8 Å². The van der Waals surface area contributed by atoms with Crippen LogP contribution in [-0.2, 0) is 17.9 Å². The number of anilines is 1. The lowest BCUT2D eigenvalue weighted by molar-refractivity contribution is -0.113. The second-order valence-electron chi connectivity index (χ2n) is 8.10. The van der Waals surface area contributed by atoms with Gasteiger partial charge in [-0.15, -0.1) is 16.8 Å². The van der Waals surface area contributed by atoms with E-state index in [1.165, 1.54) is 22.5 Å². The van der Waals surface area contributed by atoms with Gasteiger partial charge >= 0.3 is 0 Å². The molecule has 0 saturated carbocycles. The molecule has 1 aromatic heterocycles. The Bertz CT molecular complexity index is 1330. The molecule has 0 aliphatic carbocycles. The van der Waals surface area contributed by atoms with Crippen LogP contribution in [0.1, 0.15) is 22.5 Å². The minimum atomic E-state index is -0.0832. The summed E-state index contributed by atoms with van der Waals surface area (Å²) in [6.07, 6.45) is 1.79. The second kappa shape index (κ2) is 10.6. The average Bonchev–Trinajstić information content (AvgIpc) is 3.21. The summed E-state index contributed by atoms with van der Waals surface area (Å²) < 4.78 is 8.05. The molecule has 0 saturated heterocycles. The summed E-state index contributed by atoms with van der Waals surface area (Å²) in [6.45, 7) is 10.7. The maximum absolute atomic E-state index is 12.6. The van der Waals surface area contributed by atoms with Crippen LogP contribution in [0, 0.1) is 20.8 Å². The molecule has 4 aromatic rings. The third-order valence-electron chi connectivity index (χ3n) is 5.69. The number of carbonyl (C=O) groups is 1. The first-order valence-corrected chi connectivity index (χ1v) is 12.1. The Morgan fingerprint density at radius 1 is 1.06 bits per heavy atom. The van der Waals surface area contributed by atoms with Crippen LogP contribution in [0.3, 0.4) is 0 Å². The highest BCUT2D eigenvalue weighted by atomic mass is 32.2. The fourth-order valence-corrected chi connectivity index (χ4v) is 4.63. The number of para-hydroxylation sites is 1. The van der Waals surface area contributed by atoms with Crippen LogP contribution < -0.4 is 10.1 Å². The summed E-state index contributed by atoms with van der Waals surface area (Å²) in [7, 11) is 0. The Kier molecular flexibility index (Phi) is 7.33. The van der Waals surface area contributed by atoms with Crippen molar-refractivity contribution in [3.63, 3.8) is 0 Å². The van der Waals surface area contributed by atoms with Gasteiger partial charge in [-0.05, 0) is 54.3 Å². The highest BCUT2D eigenvalue weighted by Gasteiger charge is 2.16. The zero-order chi connectivity index (χ0) is 24.1. The SMILES string of the molecule is C=CCn1c(COc2ccc3ccccc3c2C)nnc1SCC(=O)Nc1c(C)cccc1C. The Hall–Kier alpha value is -3.58. The van der Waals surface area contributed by atoms with E-state index in [1.54, 1.807) is 6.08 Å². The first-order valence-electron chi connectivity index (χ1n) is 11.1. The van der Waals surface area contributed by atoms with E-state index in [0.29, 0.717) is 17.5 Å². The molecule has 3 aromatic carbocycles. The molecule has 34 heavy (non-hydrogen) atoms. The fraction of sp³-hybridized carbons (Fsp3) is 0.222. The molecule has 0 radical (unpaired) electrons. The van der Waals surface area contributed by atoms with Gasteiger partial charge in [-0.2, -0.15) is 0 Å². The summed E-state index contributed by atoms with van der Waals surface area (Å²) in [6, 6.07) is 18.2. The monoisotopic (exact) mass is 472 g/mol. The smallest absolute Gasteiger partial charge is 0.234 e. The molecule has 0 fully saturated rings. The van der Waals surface area contributed by atoms with E-state index in [2.05, 4.69) is 47.2 Å². The number of carbonyl (C=O) groups excluding carboxylic acids is 1. The van der Waals surface area contributed by atoms with E-state index in [-0.39, 0.29) is 18.3 Å². The predicted octanol–water partition coefficient (Wildman–Crippen LogP) is 5.85. The number of hydrogen-bond acceptors (Lipinski definition) is 5. The molecule has 7 heteroatoms. The minimum Gasteiger partial charge on any atom is -0.485 e. The van der Waals surface area contributed by atoms with Gasteiger partial charge in [-0.3, -0.25) is 9.36 Å². The number of fused-ring (bicyclic) bond motifs is 1. The molecule has 174 valence electrons. The number of aromatic nitrogens is 3. The summed E-state index contributed by atoms with van der Waals surface area (Å²) in [4.78, 5) is 12.6. The van der Waals surface area contributed by atoms with Crippen molar-refractivity contribution >= 4 is 34.1 Å². The molecular formula is C27H28N4O2S. The molecule has 6 nitrogen and oxygen atoms in total. The topological polar surface area (TPSA) is 69.0 Å². The Balaban J connectivity index is 1.44. The molecule has 0 bridgehead atoms.